The molecule has 112 valence electrons. The Kier molecular flexibility index (Phi) is 4.10. The second-order valence-corrected chi connectivity index (χ2v) is 7.18. The number of carbonyl (C=O) groups excluding carboxylic acids is 1. The van der Waals surface area contributed by atoms with Crippen molar-refractivity contribution in [1.82, 2.24) is 0 Å². The maximum absolute atomic E-state index is 12.1. The molecule has 4 nitrogen and oxygen atoms in total. The zero-order valence-electron chi connectivity index (χ0n) is 11.4. The minimum absolute atomic E-state index is 0.159. The summed E-state index contributed by atoms with van der Waals surface area (Å²) in [7, 11) is 1.30. The van der Waals surface area contributed by atoms with Crippen LogP contribution in [0.15, 0.2) is 35.0 Å². The molecule has 0 saturated carbocycles. The normalized spacial score (nSPS) is 10.6. The number of hydrogen-bond acceptors (Lipinski definition) is 6. The quantitative estimate of drug-likeness (QED) is 0.693. The van der Waals surface area contributed by atoms with Crippen LogP contribution < -0.4 is 0 Å². The van der Waals surface area contributed by atoms with Gasteiger partial charge in [-0.3, -0.25) is 0 Å². The number of thiophene rings is 3. The van der Waals surface area contributed by atoms with Crippen molar-refractivity contribution in [2.75, 3.05) is 7.11 Å². The summed E-state index contributed by atoms with van der Waals surface area (Å²) in [5.41, 5.74) is 1.24. The van der Waals surface area contributed by atoms with Crippen LogP contribution in [-0.4, -0.2) is 24.2 Å². The van der Waals surface area contributed by atoms with E-state index in [2.05, 4.69) is 0 Å². The maximum Gasteiger partial charge on any atom is 0.348 e. The van der Waals surface area contributed by atoms with Crippen molar-refractivity contribution >= 4 is 45.9 Å². The number of methoxy groups -OCH3 is 1. The first kappa shape index (κ1) is 15.0. The topological polar surface area (TPSA) is 63.6 Å². The van der Waals surface area contributed by atoms with Crippen molar-refractivity contribution in [3.63, 3.8) is 0 Å². The van der Waals surface area contributed by atoms with Crippen molar-refractivity contribution in [2.45, 2.75) is 0 Å². The van der Waals surface area contributed by atoms with E-state index in [0.29, 0.717) is 16.0 Å². The minimum Gasteiger partial charge on any atom is -0.477 e. The third kappa shape index (κ3) is 2.47. The lowest BCUT2D eigenvalue weighted by molar-refractivity contribution is 0.0606. The van der Waals surface area contributed by atoms with Gasteiger partial charge in [-0.2, -0.15) is 0 Å². The predicted molar refractivity (Wildman–Crippen MR) is 89.2 cm³/mol. The molecule has 0 spiro atoms. The van der Waals surface area contributed by atoms with Crippen LogP contribution in [0.5, 0.6) is 0 Å². The van der Waals surface area contributed by atoms with Crippen LogP contribution in [0, 0.1) is 0 Å². The van der Waals surface area contributed by atoms with Gasteiger partial charge in [0.05, 0.1) is 7.11 Å². The second-order valence-electron chi connectivity index (χ2n) is 4.26. The van der Waals surface area contributed by atoms with E-state index in [-0.39, 0.29) is 4.88 Å². The predicted octanol–water partition coefficient (Wildman–Crippen LogP) is 4.69. The summed E-state index contributed by atoms with van der Waals surface area (Å²) in [6.07, 6.45) is 0. The van der Waals surface area contributed by atoms with Crippen LogP contribution in [0.2, 0.25) is 0 Å². The Labute approximate surface area is 138 Å². The molecule has 0 saturated heterocycles. The van der Waals surface area contributed by atoms with Gasteiger partial charge in [0.15, 0.2) is 0 Å². The zero-order valence-corrected chi connectivity index (χ0v) is 13.8. The average molecular weight is 350 g/mol. The van der Waals surface area contributed by atoms with E-state index in [9.17, 15) is 14.7 Å². The lowest BCUT2D eigenvalue weighted by atomic mass is 10.0. The van der Waals surface area contributed by atoms with E-state index in [1.807, 2.05) is 35.0 Å². The summed E-state index contributed by atoms with van der Waals surface area (Å²) in [4.78, 5) is 25.9. The Morgan fingerprint density at radius 1 is 1.00 bits per heavy atom. The third-order valence-corrected chi connectivity index (χ3v) is 5.94. The highest BCUT2D eigenvalue weighted by Crippen LogP contribution is 2.46. The number of carboxylic acid groups (broad SMARTS) is 1. The Hall–Kier alpha value is -1.96. The average Bonchev–Trinajstić information content (AvgIpc) is 3.22. The number of esters is 1. The fourth-order valence-corrected chi connectivity index (χ4v) is 4.91. The highest BCUT2D eigenvalue weighted by molar-refractivity contribution is 7.19. The van der Waals surface area contributed by atoms with Gasteiger partial charge in [-0.1, -0.05) is 12.1 Å². The molecular weight excluding hydrogens is 340 g/mol. The number of hydrogen-bond donors (Lipinski definition) is 1. The van der Waals surface area contributed by atoms with Crippen LogP contribution in [0.4, 0.5) is 0 Å². The van der Waals surface area contributed by atoms with Crippen LogP contribution in [0.1, 0.15) is 19.3 Å². The Balaban J connectivity index is 2.36. The Morgan fingerprint density at radius 2 is 1.55 bits per heavy atom. The molecule has 0 aliphatic heterocycles. The fourth-order valence-electron chi connectivity index (χ4n) is 2.13. The van der Waals surface area contributed by atoms with Crippen molar-refractivity contribution in [2.24, 2.45) is 0 Å². The van der Waals surface area contributed by atoms with Crippen molar-refractivity contribution in [3.05, 3.63) is 44.8 Å². The first-order valence-electron chi connectivity index (χ1n) is 6.19. The van der Waals surface area contributed by atoms with Gasteiger partial charge in [-0.15, -0.1) is 34.0 Å². The first-order chi connectivity index (χ1) is 10.6. The van der Waals surface area contributed by atoms with Crippen LogP contribution in [0.3, 0.4) is 0 Å². The molecule has 7 heteroatoms. The molecule has 0 radical (unpaired) electrons. The molecule has 0 atom stereocenters. The summed E-state index contributed by atoms with van der Waals surface area (Å²) in [6, 6.07) is 7.47. The number of rotatable bonds is 4. The molecule has 1 N–H and O–H groups in total. The molecule has 3 aromatic heterocycles. The minimum atomic E-state index is -1.04. The molecule has 3 rings (SSSR count). The summed E-state index contributed by atoms with van der Waals surface area (Å²) < 4.78 is 4.83. The number of carboxylic acids is 1. The van der Waals surface area contributed by atoms with Gasteiger partial charge >= 0.3 is 11.9 Å². The smallest absolute Gasteiger partial charge is 0.348 e. The van der Waals surface area contributed by atoms with Crippen LogP contribution in [-0.2, 0) is 4.74 Å². The van der Waals surface area contributed by atoms with Gasteiger partial charge < -0.3 is 9.84 Å². The Morgan fingerprint density at radius 3 is 1.95 bits per heavy atom. The van der Waals surface area contributed by atoms with Gasteiger partial charge in [0.2, 0.25) is 0 Å². The van der Waals surface area contributed by atoms with E-state index in [4.69, 9.17) is 4.74 Å². The van der Waals surface area contributed by atoms with E-state index < -0.39 is 11.9 Å². The first-order valence-corrected chi connectivity index (χ1v) is 8.77. The molecule has 0 bridgehead atoms. The summed E-state index contributed by atoms with van der Waals surface area (Å²) in [6.45, 7) is 0. The number of ether oxygens (including phenoxy) is 1. The van der Waals surface area contributed by atoms with Crippen LogP contribution >= 0.6 is 34.0 Å². The highest BCUT2D eigenvalue weighted by atomic mass is 32.1. The lowest BCUT2D eigenvalue weighted by Crippen LogP contribution is -1.99. The molecule has 0 aliphatic carbocycles. The molecule has 3 heterocycles. The molecule has 0 aliphatic rings. The van der Waals surface area contributed by atoms with Gasteiger partial charge in [0.1, 0.15) is 9.75 Å². The third-order valence-electron chi connectivity index (χ3n) is 3.01. The van der Waals surface area contributed by atoms with Gasteiger partial charge in [0, 0.05) is 20.9 Å². The highest BCUT2D eigenvalue weighted by Gasteiger charge is 2.29. The summed E-state index contributed by atoms with van der Waals surface area (Å²) in [5.74, 6) is -1.56. The van der Waals surface area contributed by atoms with E-state index in [1.165, 1.54) is 29.8 Å². The molecule has 3 aromatic rings. The monoisotopic (exact) mass is 350 g/mol. The summed E-state index contributed by atoms with van der Waals surface area (Å²) >= 11 is 3.88. The fraction of sp³-hybridized carbons (Fsp3) is 0.0667. The van der Waals surface area contributed by atoms with E-state index in [0.717, 1.165) is 21.1 Å². The van der Waals surface area contributed by atoms with Crippen molar-refractivity contribution < 1.29 is 19.4 Å². The van der Waals surface area contributed by atoms with Gasteiger partial charge in [0.25, 0.3) is 0 Å². The van der Waals surface area contributed by atoms with E-state index in [1.54, 1.807) is 0 Å². The number of carbonyl (C=O) groups is 2. The molecule has 0 unspecified atom stereocenters. The van der Waals surface area contributed by atoms with Crippen LogP contribution in [0.25, 0.3) is 20.9 Å². The summed E-state index contributed by atoms with van der Waals surface area (Å²) in [5, 5.41) is 13.3. The van der Waals surface area contributed by atoms with E-state index >= 15 is 0 Å². The molecule has 0 aromatic carbocycles. The second kappa shape index (κ2) is 6.04. The van der Waals surface area contributed by atoms with Crippen molar-refractivity contribution in [3.8, 4) is 20.9 Å². The standard InChI is InChI=1S/C15H10O4S3/c1-19-15(18)13-11(9-5-3-7-21-9)10(8-4-2-6-20-8)12(22-13)14(16)17/h2-7H,1H3,(H,16,17). The van der Waals surface area contributed by atoms with Gasteiger partial charge in [-0.25, -0.2) is 9.59 Å². The molecular formula is C15H10O4S3. The zero-order chi connectivity index (χ0) is 15.7. The maximum atomic E-state index is 12.1. The molecule has 0 amide bonds. The largest absolute Gasteiger partial charge is 0.477 e. The molecule has 0 fully saturated rings. The van der Waals surface area contributed by atoms with Gasteiger partial charge in [-0.05, 0) is 22.9 Å². The molecule has 22 heavy (non-hydrogen) atoms. The Bertz CT molecular complexity index is 813. The SMILES string of the molecule is COC(=O)c1sc(C(=O)O)c(-c2cccs2)c1-c1cccs1. The van der Waals surface area contributed by atoms with Crippen molar-refractivity contribution in [1.29, 1.82) is 0 Å². The lowest BCUT2D eigenvalue weighted by Gasteiger charge is -2.04. The number of aromatic carboxylic acids is 1.